The van der Waals surface area contributed by atoms with E-state index in [-0.39, 0.29) is 13.0 Å². The topological polar surface area (TPSA) is 80.9 Å². The van der Waals surface area contributed by atoms with Crippen LogP contribution in [0.5, 0.6) is 0 Å². The largest absolute Gasteiger partial charge is 0.396 e. The van der Waals surface area contributed by atoms with Crippen molar-refractivity contribution < 1.29 is 20.4 Å². The summed E-state index contributed by atoms with van der Waals surface area (Å²) in [7, 11) is 0. The highest BCUT2D eigenvalue weighted by atomic mass is 16.3. The smallest absolute Gasteiger partial charge is 0.0930 e. The van der Waals surface area contributed by atoms with Crippen molar-refractivity contribution in [2.75, 3.05) is 6.61 Å². The van der Waals surface area contributed by atoms with Gasteiger partial charge in [-0.05, 0) is 32.1 Å². The maximum atomic E-state index is 10.2. The molecule has 1 aliphatic rings. The van der Waals surface area contributed by atoms with Gasteiger partial charge in [0, 0.05) is 13.0 Å². The first-order valence-corrected chi connectivity index (χ1v) is 6.28. The quantitative estimate of drug-likeness (QED) is 0.505. The van der Waals surface area contributed by atoms with Gasteiger partial charge in [0.1, 0.15) is 0 Å². The van der Waals surface area contributed by atoms with Crippen LogP contribution in [0.1, 0.15) is 51.4 Å². The lowest BCUT2D eigenvalue weighted by Gasteiger charge is -2.38. The molecule has 0 aromatic rings. The van der Waals surface area contributed by atoms with Gasteiger partial charge in [0.05, 0.1) is 17.8 Å². The molecule has 4 nitrogen and oxygen atoms in total. The number of aliphatic hydroxyl groups excluding tert-OH is 3. The van der Waals surface area contributed by atoms with Gasteiger partial charge in [-0.1, -0.05) is 12.8 Å². The summed E-state index contributed by atoms with van der Waals surface area (Å²) in [5.41, 5.74) is -1.10. The number of aliphatic hydroxyl groups is 4. The molecule has 0 amide bonds. The van der Waals surface area contributed by atoms with E-state index in [4.69, 9.17) is 5.11 Å². The van der Waals surface area contributed by atoms with Gasteiger partial charge in [0.2, 0.25) is 0 Å². The minimum Gasteiger partial charge on any atom is -0.396 e. The maximum absolute atomic E-state index is 10.2. The summed E-state index contributed by atoms with van der Waals surface area (Å²) in [5, 5.41) is 38.3. The van der Waals surface area contributed by atoms with Crippen LogP contribution in [-0.2, 0) is 0 Å². The Hall–Kier alpha value is -0.160. The standard InChI is InChI=1S/C12H24O4/c13-8-3-1-2-6-11(15)12(16)7-4-5-10(14)9-12/h10-11,13-16H,1-9H2. The molecule has 0 bridgehead atoms. The lowest BCUT2D eigenvalue weighted by atomic mass is 9.78. The van der Waals surface area contributed by atoms with Gasteiger partial charge < -0.3 is 20.4 Å². The second-order valence-electron chi connectivity index (χ2n) is 4.94. The highest BCUT2D eigenvalue weighted by molar-refractivity contribution is 4.92. The predicted molar refractivity (Wildman–Crippen MR) is 61.0 cm³/mol. The molecule has 4 N–H and O–H groups in total. The summed E-state index contributed by atoms with van der Waals surface area (Å²) in [6, 6.07) is 0. The third kappa shape index (κ3) is 4.01. The Labute approximate surface area is 96.9 Å². The zero-order valence-electron chi connectivity index (χ0n) is 9.81. The monoisotopic (exact) mass is 232 g/mol. The van der Waals surface area contributed by atoms with Gasteiger partial charge in [-0.3, -0.25) is 0 Å². The zero-order valence-corrected chi connectivity index (χ0v) is 9.81. The van der Waals surface area contributed by atoms with Crippen molar-refractivity contribution in [1.82, 2.24) is 0 Å². The summed E-state index contributed by atoms with van der Waals surface area (Å²) in [6.45, 7) is 0.180. The third-order valence-electron chi connectivity index (χ3n) is 3.49. The van der Waals surface area contributed by atoms with E-state index in [2.05, 4.69) is 0 Å². The summed E-state index contributed by atoms with van der Waals surface area (Å²) in [5.74, 6) is 0. The van der Waals surface area contributed by atoms with Gasteiger partial charge in [0.25, 0.3) is 0 Å². The highest BCUT2D eigenvalue weighted by Gasteiger charge is 2.39. The summed E-state index contributed by atoms with van der Waals surface area (Å²) >= 11 is 0. The highest BCUT2D eigenvalue weighted by Crippen LogP contribution is 2.33. The van der Waals surface area contributed by atoms with Gasteiger partial charge >= 0.3 is 0 Å². The van der Waals surface area contributed by atoms with Crippen LogP contribution in [0.4, 0.5) is 0 Å². The van der Waals surface area contributed by atoms with E-state index >= 15 is 0 Å². The van der Waals surface area contributed by atoms with Crippen molar-refractivity contribution in [3.05, 3.63) is 0 Å². The van der Waals surface area contributed by atoms with E-state index in [1.807, 2.05) is 0 Å². The summed E-state index contributed by atoms with van der Waals surface area (Å²) < 4.78 is 0. The molecule has 1 aliphatic carbocycles. The van der Waals surface area contributed by atoms with Crippen LogP contribution in [0.15, 0.2) is 0 Å². The summed E-state index contributed by atoms with van der Waals surface area (Å²) in [4.78, 5) is 0. The Bertz CT molecular complexity index is 197. The van der Waals surface area contributed by atoms with Crippen molar-refractivity contribution in [2.45, 2.75) is 69.2 Å². The molecule has 96 valence electrons. The first-order valence-electron chi connectivity index (χ1n) is 6.28. The fraction of sp³-hybridized carbons (Fsp3) is 1.00. The van der Waals surface area contributed by atoms with Crippen LogP contribution < -0.4 is 0 Å². The Balaban J connectivity index is 2.30. The molecule has 0 aliphatic heterocycles. The molecule has 1 saturated carbocycles. The number of hydrogen-bond donors (Lipinski definition) is 4. The number of rotatable bonds is 6. The van der Waals surface area contributed by atoms with E-state index in [9.17, 15) is 15.3 Å². The Morgan fingerprint density at radius 2 is 2.00 bits per heavy atom. The minimum absolute atomic E-state index is 0.180. The van der Waals surface area contributed by atoms with Gasteiger partial charge in [-0.15, -0.1) is 0 Å². The van der Waals surface area contributed by atoms with Gasteiger partial charge in [0.15, 0.2) is 0 Å². The molecule has 3 unspecified atom stereocenters. The fourth-order valence-electron chi connectivity index (χ4n) is 2.45. The van der Waals surface area contributed by atoms with Crippen LogP contribution in [0.2, 0.25) is 0 Å². The lowest BCUT2D eigenvalue weighted by Crippen LogP contribution is -2.47. The zero-order chi connectivity index (χ0) is 12.0. The maximum Gasteiger partial charge on any atom is 0.0930 e. The van der Waals surface area contributed by atoms with Crippen molar-refractivity contribution in [2.24, 2.45) is 0 Å². The predicted octanol–water partition coefficient (Wildman–Crippen LogP) is 0.566. The van der Waals surface area contributed by atoms with E-state index < -0.39 is 17.8 Å². The fourth-order valence-corrected chi connectivity index (χ4v) is 2.45. The van der Waals surface area contributed by atoms with E-state index in [0.717, 1.165) is 32.1 Å². The molecule has 4 heteroatoms. The number of unbranched alkanes of at least 4 members (excludes halogenated alkanes) is 2. The molecule has 1 rings (SSSR count). The molecule has 16 heavy (non-hydrogen) atoms. The molecule has 0 saturated heterocycles. The normalized spacial score (nSPS) is 32.6. The molecule has 0 radical (unpaired) electrons. The van der Waals surface area contributed by atoms with Crippen LogP contribution >= 0.6 is 0 Å². The Kier molecular flexibility index (Phi) is 5.69. The van der Waals surface area contributed by atoms with E-state index in [1.165, 1.54) is 0 Å². The van der Waals surface area contributed by atoms with E-state index in [1.54, 1.807) is 0 Å². The number of hydrogen-bond acceptors (Lipinski definition) is 4. The van der Waals surface area contributed by atoms with E-state index in [0.29, 0.717) is 12.8 Å². The van der Waals surface area contributed by atoms with Gasteiger partial charge in [-0.25, -0.2) is 0 Å². The Morgan fingerprint density at radius 1 is 1.25 bits per heavy atom. The van der Waals surface area contributed by atoms with Crippen molar-refractivity contribution in [3.63, 3.8) is 0 Å². The first kappa shape index (κ1) is 13.9. The average Bonchev–Trinajstić information content (AvgIpc) is 2.23. The third-order valence-corrected chi connectivity index (χ3v) is 3.49. The van der Waals surface area contributed by atoms with Gasteiger partial charge in [-0.2, -0.15) is 0 Å². The Morgan fingerprint density at radius 3 is 2.62 bits per heavy atom. The molecule has 0 aromatic heterocycles. The van der Waals surface area contributed by atoms with Crippen molar-refractivity contribution in [3.8, 4) is 0 Å². The molecular weight excluding hydrogens is 208 g/mol. The molecule has 0 heterocycles. The molecule has 1 fully saturated rings. The van der Waals surface area contributed by atoms with Crippen LogP contribution in [0.3, 0.4) is 0 Å². The lowest BCUT2D eigenvalue weighted by molar-refractivity contribution is -0.124. The van der Waals surface area contributed by atoms with Crippen LogP contribution in [-0.4, -0.2) is 44.8 Å². The van der Waals surface area contributed by atoms with Crippen LogP contribution in [0.25, 0.3) is 0 Å². The average molecular weight is 232 g/mol. The molecule has 3 atom stereocenters. The van der Waals surface area contributed by atoms with Crippen molar-refractivity contribution >= 4 is 0 Å². The summed E-state index contributed by atoms with van der Waals surface area (Å²) in [6.07, 6.45) is 4.08. The second kappa shape index (κ2) is 6.55. The van der Waals surface area contributed by atoms with Crippen molar-refractivity contribution in [1.29, 1.82) is 0 Å². The molecule has 0 aromatic carbocycles. The molecule has 0 spiro atoms. The first-order chi connectivity index (χ1) is 7.58. The minimum atomic E-state index is -1.10. The SMILES string of the molecule is OCCCCCC(O)C1(O)CCCC(O)C1. The second-order valence-corrected chi connectivity index (χ2v) is 4.94. The van der Waals surface area contributed by atoms with Crippen LogP contribution in [0, 0.1) is 0 Å². The molecular formula is C12H24O4.